The number of para-hydroxylation sites is 1. The Morgan fingerprint density at radius 3 is 3.25 bits per heavy atom. The zero-order chi connectivity index (χ0) is 11.0. The van der Waals surface area contributed by atoms with Gasteiger partial charge in [0, 0.05) is 12.6 Å². The van der Waals surface area contributed by atoms with E-state index in [2.05, 4.69) is 14.9 Å². The highest BCUT2D eigenvalue weighted by atomic mass is 16.3. The van der Waals surface area contributed by atoms with Crippen LogP contribution in [0.15, 0.2) is 24.5 Å². The van der Waals surface area contributed by atoms with Crippen LogP contribution in [0.3, 0.4) is 0 Å². The quantitative estimate of drug-likeness (QED) is 0.801. The van der Waals surface area contributed by atoms with Crippen molar-refractivity contribution in [3.63, 3.8) is 0 Å². The van der Waals surface area contributed by atoms with Crippen LogP contribution in [-0.4, -0.2) is 27.2 Å². The molecule has 2 heterocycles. The van der Waals surface area contributed by atoms with Crippen LogP contribution in [0.5, 0.6) is 5.75 Å². The van der Waals surface area contributed by atoms with Gasteiger partial charge in [0.05, 0.1) is 11.8 Å². The molecule has 0 bridgehead atoms. The first-order valence-electron chi connectivity index (χ1n) is 5.71. The number of hydrogen-bond acceptors (Lipinski definition) is 3. The number of aromatic nitrogens is 2. The number of aromatic hydroxyl groups is 1. The van der Waals surface area contributed by atoms with Gasteiger partial charge in [0.1, 0.15) is 11.3 Å². The first-order chi connectivity index (χ1) is 7.84. The number of nitrogens with one attached hydrogen (secondary N) is 1. The number of imidazole rings is 1. The van der Waals surface area contributed by atoms with Crippen LogP contribution >= 0.6 is 0 Å². The van der Waals surface area contributed by atoms with Gasteiger partial charge in [-0.1, -0.05) is 6.07 Å². The van der Waals surface area contributed by atoms with E-state index in [1.807, 2.05) is 18.5 Å². The minimum absolute atomic E-state index is 0.260. The Hall–Kier alpha value is -1.55. The normalized spacial score (nSPS) is 20.6. The first-order valence-corrected chi connectivity index (χ1v) is 5.71. The van der Waals surface area contributed by atoms with Gasteiger partial charge in [-0.3, -0.25) is 0 Å². The molecule has 1 aromatic carbocycles. The molecule has 1 aromatic heterocycles. The van der Waals surface area contributed by atoms with Crippen molar-refractivity contribution in [2.45, 2.75) is 25.4 Å². The molecule has 1 fully saturated rings. The Kier molecular flexibility index (Phi) is 2.29. The number of hydrogen-bond donors (Lipinski definition) is 2. The molecule has 0 aliphatic carbocycles. The Morgan fingerprint density at radius 1 is 1.50 bits per heavy atom. The summed E-state index contributed by atoms with van der Waals surface area (Å²) in [4.78, 5) is 4.25. The van der Waals surface area contributed by atoms with Gasteiger partial charge in [-0.2, -0.15) is 0 Å². The van der Waals surface area contributed by atoms with Crippen LogP contribution in [0.1, 0.15) is 12.8 Å². The minimum Gasteiger partial charge on any atom is -0.506 e. The van der Waals surface area contributed by atoms with Crippen molar-refractivity contribution in [1.82, 2.24) is 14.9 Å². The second kappa shape index (κ2) is 3.79. The van der Waals surface area contributed by atoms with E-state index in [0.29, 0.717) is 11.6 Å². The molecule has 0 saturated carbocycles. The number of nitrogens with zero attached hydrogens (tertiary/aromatic N) is 2. The van der Waals surface area contributed by atoms with Gasteiger partial charge in [0.2, 0.25) is 0 Å². The standard InChI is InChI=1S/C12H15N3O/c16-11-5-1-4-10-12(11)14-8-15(10)7-9-3-2-6-13-9/h1,4-5,8-9,13,16H,2-3,6-7H2. The number of phenols is 1. The summed E-state index contributed by atoms with van der Waals surface area (Å²) in [6.07, 6.45) is 4.28. The summed E-state index contributed by atoms with van der Waals surface area (Å²) >= 11 is 0. The van der Waals surface area contributed by atoms with Crippen LogP contribution < -0.4 is 5.32 Å². The summed E-state index contributed by atoms with van der Waals surface area (Å²) in [6.45, 7) is 2.04. The van der Waals surface area contributed by atoms with Gasteiger partial charge in [-0.25, -0.2) is 4.98 Å². The lowest BCUT2D eigenvalue weighted by atomic mass is 10.2. The topological polar surface area (TPSA) is 50.1 Å². The monoisotopic (exact) mass is 217 g/mol. The number of phenolic OH excluding ortho intramolecular Hbond substituents is 1. The van der Waals surface area contributed by atoms with Crippen molar-refractivity contribution < 1.29 is 5.11 Å². The van der Waals surface area contributed by atoms with Crippen molar-refractivity contribution in [3.8, 4) is 5.75 Å². The van der Waals surface area contributed by atoms with Gasteiger partial charge in [-0.15, -0.1) is 0 Å². The molecular formula is C12H15N3O. The maximum absolute atomic E-state index is 9.65. The highest BCUT2D eigenvalue weighted by Gasteiger charge is 2.15. The van der Waals surface area contributed by atoms with Crippen LogP contribution in [0.2, 0.25) is 0 Å². The van der Waals surface area contributed by atoms with E-state index in [-0.39, 0.29) is 5.75 Å². The van der Waals surface area contributed by atoms with E-state index in [4.69, 9.17) is 0 Å². The van der Waals surface area contributed by atoms with E-state index in [9.17, 15) is 5.11 Å². The highest BCUT2D eigenvalue weighted by Crippen LogP contribution is 2.23. The Labute approximate surface area is 93.9 Å². The lowest BCUT2D eigenvalue weighted by Crippen LogP contribution is -2.26. The predicted octanol–water partition coefficient (Wildman–Crippen LogP) is 1.49. The van der Waals surface area contributed by atoms with Crippen molar-refractivity contribution in [3.05, 3.63) is 24.5 Å². The smallest absolute Gasteiger partial charge is 0.143 e. The molecule has 4 heteroatoms. The van der Waals surface area contributed by atoms with E-state index >= 15 is 0 Å². The van der Waals surface area contributed by atoms with Crippen LogP contribution in [0, 0.1) is 0 Å². The van der Waals surface area contributed by atoms with Gasteiger partial charge < -0.3 is 15.0 Å². The van der Waals surface area contributed by atoms with Gasteiger partial charge >= 0.3 is 0 Å². The molecule has 1 aliphatic heterocycles. The zero-order valence-electron chi connectivity index (χ0n) is 9.06. The summed E-state index contributed by atoms with van der Waals surface area (Å²) in [5.74, 6) is 0.260. The zero-order valence-corrected chi connectivity index (χ0v) is 9.06. The maximum Gasteiger partial charge on any atom is 0.143 e. The Bertz CT molecular complexity index is 500. The van der Waals surface area contributed by atoms with E-state index in [0.717, 1.165) is 18.6 Å². The lowest BCUT2D eigenvalue weighted by molar-refractivity contribution is 0.480. The minimum atomic E-state index is 0.260. The van der Waals surface area contributed by atoms with Gasteiger partial charge in [0.15, 0.2) is 0 Å². The van der Waals surface area contributed by atoms with Crippen molar-refractivity contribution >= 4 is 11.0 Å². The molecular weight excluding hydrogens is 202 g/mol. The Balaban J connectivity index is 1.94. The van der Waals surface area contributed by atoms with E-state index < -0.39 is 0 Å². The third-order valence-corrected chi connectivity index (χ3v) is 3.21. The third-order valence-electron chi connectivity index (χ3n) is 3.21. The molecule has 1 unspecified atom stereocenters. The number of fused-ring (bicyclic) bond motifs is 1. The summed E-state index contributed by atoms with van der Waals surface area (Å²) < 4.78 is 2.11. The first kappa shape index (κ1) is 9.66. The molecule has 3 rings (SSSR count). The second-order valence-electron chi connectivity index (χ2n) is 4.34. The molecule has 1 saturated heterocycles. The van der Waals surface area contributed by atoms with Crippen LogP contribution in [0.25, 0.3) is 11.0 Å². The summed E-state index contributed by atoms with van der Waals surface area (Å²) in [5, 5.41) is 13.1. The Morgan fingerprint density at radius 2 is 2.44 bits per heavy atom. The molecule has 16 heavy (non-hydrogen) atoms. The average Bonchev–Trinajstić information content (AvgIpc) is 2.90. The van der Waals surface area contributed by atoms with Crippen molar-refractivity contribution in [2.75, 3.05) is 6.54 Å². The maximum atomic E-state index is 9.65. The van der Waals surface area contributed by atoms with Gasteiger partial charge in [0.25, 0.3) is 0 Å². The fourth-order valence-corrected chi connectivity index (χ4v) is 2.37. The summed E-state index contributed by atoms with van der Waals surface area (Å²) in [5.41, 5.74) is 1.70. The molecule has 4 nitrogen and oxygen atoms in total. The second-order valence-corrected chi connectivity index (χ2v) is 4.34. The molecule has 0 spiro atoms. The molecule has 0 amide bonds. The third kappa shape index (κ3) is 1.55. The van der Waals surface area contributed by atoms with Crippen LogP contribution in [0.4, 0.5) is 0 Å². The number of rotatable bonds is 2. The number of benzene rings is 1. The molecule has 0 radical (unpaired) electrons. The summed E-state index contributed by atoms with van der Waals surface area (Å²) in [6, 6.07) is 6.07. The average molecular weight is 217 g/mol. The van der Waals surface area contributed by atoms with E-state index in [1.54, 1.807) is 6.07 Å². The SMILES string of the molecule is Oc1cccc2c1ncn2CC1CCCN1. The fourth-order valence-electron chi connectivity index (χ4n) is 2.37. The van der Waals surface area contributed by atoms with E-state index in [1.165, 1.54) is 12.8 Å². The summed E-state index contributed by atoms with van der Waals surface area (Å²) in [7, 11) is 0. The molecule has 1 aliphatic rings. The molecule has 2 N–H and O–H groups in total. The van der Waals surface area contributed by atoms with Crippen molar-refractivity contribution in [2.24, 2.45) is 0 Å². The molecule has 1 atom stereocenters. The van der Waals surface area contributed by atoms with Gasteiger partial charge in [-0.05, 0) is 31.5 Å². The fraction of sp³-hybridized carbons (Fsp3) is 0.417. The highest BCUT2D eigenvalue weighted by molar-refractivity contribution is 5.81. The lowest BCUT2D eigenvalue weighted by Gasteiger charge is -2.11. The predicted molar refractivity (Wildman–Crippen MR) is 62.4 cm³/mol. The van der Waals surface area contributed by atoms with Crippen molar-refractivity contribution in [1.29, 1.82) is 0 Å². The largest absolute Gasteiger partial charge is 0.506 e. The van der Waals surface area contributed by atoms with Crippen LogP contribution in [-0.2, 0) is 6.54 Å². The molecule has 2 aromatic rings. The molecule has 84 valence electrons.